The van der Waals surface area contributed by atoms with Gasteiger partial charge in [-0.2, -0.15) is 0 Å². The predicted octanol–water partition coefficient (Wildman–Crippen LogP) is 0.135. The summed E-state index contributed by atoms with van der Waals surface area (Å²) < 4.78 is 0. The van der Waals surface area contributed by atoms with Crippen LogP contribution in [0.3, 0.4) is 0 Å². The highest BCUT2D eigenvalue weighted by atomic mass is 16.2. The van der Waals surface area contributed by atoms with Crippen LogP contribution in [0.15, 0.2) is 0 Å². The first-order valence-corrected chi connectivity index (χ1v) is 5.62. The molecule has 0 atom stereocenters. The maximum atomic E-state index is 11.1. The molecule has 4 heteroatoms. The van der Waals surface area contributed by atoms with Crippen molar-refractivity contribution < 1.29 is 4.79 Å². The number of nitrogens with two attached hydrogens (primary N) is 1. The molecule has 1 heterocycles. The van der Waals surface area contributed by atoms with Crippen LogP contribution in [0, 0.1) is 5.41 Å². The summed E-state index contributed by atoms with van der Waals surface area (Å²) in [5, 5.41) is 0. The highest BCUT2D eigenvalue weighted by Crippen LogP contribution is 2.16. The summed E-state index contributed by atoms with van der Waals surface area (Å²) >= 11 is 0. The molecule has 1 saturated heterocycles. The molecule has 0 spiro atoms. The van der Waals surface area contributed by atoms with Crippen LogP contribution in [0.5, 0.6) is 0 Å². The van der Waals surface area contributed by atoms with E-state index in [1.807, 2.05) is 4.90 Å². The monoisotopic (exact) mass is 213 g/mol. The summed E-state index contributed by atoms with van der Waals surface area (Å²) in [7, 11) is 0. The molecule has 88 valence electrons. The number of hydrogen-bond acceptors (Lipinski definition) is 3. The first-order valence-electron chi connectivity index (χ1n) is 5.62. The van der Waals surface area contributed by atoms with Gasteiger partial charge in [-0.15, -0.1) is 0 Å². The van der Waals surface area contributed by atoms with Crippen molar-refractivity contribution >= 4 is 5.91 Å². The second-order valence-corrected chi connectivity index (χ2v) is 5.15. The lowest BCUT2D eigenvalue weighted by atomic mass is 9.93. The van der Waals surface area contributed by atoms with Crippen molar-refractivity contribution in [2.75, 3.05) is 39.3 Å². The van der Waals surface area contributed by atoms with E-state index >= 15 is 0 Å². The third-order valence-corrected chi connectivity index (χ3v) is 3.02. The van der Waals surface area contributed by atoms with Crippen LogP contribution in [0.1, 0.15) is 20.8 Å². The van der Waals surface area contributed by atoms with Crippen molar-refractivity contribution in [2.45, 2.75) is 20.8 Å². The molecule has 1 rings (SSSR count). The normalized spacial score (nSPS) is 19.3. The molecule has 0 saturated carbocycles. The quantitative estimate of drug-likeness (QED) is 0.725. The fraction of sp³-hybridized carbons (Fsp3) is 0.909. The van der Waals surface area contributed by atoms with Gasteiger partial charge in [0.1, 0.15) is 0 Å². The van der Waals surface area contributed by atoms with Gasteiger partial charge in [0.25, 0.3) is 0 Å². The van der Waals surface area contributed by atoms with Gasteiger partial charge in [0.05, 0.1) is 0 Å². The van der Waals surface area contributed by atoms with Crippen LogP contribution in [0.4, 0.5) is 0 Å². The fourth-order valence-electron chi connectivity index (χ4n) is 1.89. The molecule has 0 radical (unpaired) electrons. The van der Waals surface area contributed by atoms with Crippen molar-refractivity contribution in [3.8, 4) is 0 Å². The minimum absolute atomic E-state index is 0.179. The van der Waals surface area contributed by atoms with Gasteiger partial charge in [-0.1, -0.05) is 13.8 Å². The highest BCUT2D eigenvalue weighted by molar-refractivity contribution is 5.73. The summed E-state index contributed by atoms with van der Waals surface area (Å²) in [6.07, 6.45) is 0. The molecular weight excluding hydrogens is 190 g/mol. The SMILES string of the molecule is CC(=O)N1CCN(CC(C)(C)CN)CC1. The van der Waals surface area contributed by atoms with Crippen LogP contribution in [-0.2, 0) is 4.79 Å². The second kappa shape index (κ2) is 4.94. The van der Waals surface area contributed by atoms with Gasteiger partial charge in [0.2, 0.25) is 5.91 Å². The van der Waals surface area contributed by atoms with E-state index < -0.39 is 0 Å². The Morgan fingerprint density at radius 2 is 1.80 bits per heavy atom. The Labute approximate surface area is 92.4 Å². The topological polar surface area (TPSA) is 49.6 Å². The second-order valence-electron chi connectivity index (χ2n) is 5.15. The molecule has 0 bridgehead atoms. The predicted molar refractivity (Wildman–Crippen MR) is 61.5 cm³/mol. The molecule has 0 unspecified atom stereocenters. The van der Waals surface area contributed by atoms with Crippen LogP contribution in [0.25, 0.3) is 0 Å². The van der Waals surface area contributed by atoms with E-state index in [1.165, 1.54) is 0 Å². The maximum Gasteiger partial charge on any atom is 0.219 e. The highest BCUT2D eigenvalue weighted by Gasteiger charge is 2.24. The summed E-state index contributed by atoms with van der Waals surface area (Å²) in [5.74, 6) is 0.188. The third kappa shape index (κ3) is 3.80. The van der Waals surface area contributed by atoms with E-state index in [1.54, 1.807) is 6.92 Å². The van der Waals surface area contributed by atoms with E-state index in [9.17, 15) is 4.79 Å². The third-order valence-electron chi connectivity index (χ3n) is 3.02. The van der Waals surface area contributed by atoms with Crippen LogP contribution in [0.2, 0.25) is 0 Å². The molecular formula is C11H23N3O. The largest absolute Gasteiger partial charge is 0.340 e. The number of piperazine rings is 1. The van der Waals surface area contributed by atoms with Crippen molar-refractivity contribution in [1.82, 2.24) is 9.80 Å². The zero-order chi connectivity index (χ0) is 11.5. The lowest BCUT2D eigenvalue weighted by molar-refractivity contribution is -0.130. The zero-order valence-electron chi connectivity index (χ0n) is 10.1. The Balaban J connectivity index is 2.35. The first-order chi connectivity index (χ1) is 6.94. The van der Waals surface area contributed by atoms with E-state index in [2.05, 4.69) is 18.7 Å². The van der Waals surface area contributed by atoms with E-state index in [4.69, 9.17) is 5.73 Å². The van der Waals surface area contributed by atoms with Gasteiger partial charge in [0, 0.05) is 39.6 Å². The van der Waals surface area contributed by atoms with Crippen LogP contribution >= 0.6 is 0 Å². The maximum absolute atomic E-state index is 11.1. The summed E-state index contributed by atoms with van der Waals surface area (Å²) in [6, 6.07) is 0. The van der Waals surface area contributed by atoms with Gasteiger partial charge >= 0.3 is 0 Å². The number of carbonyl (C=O) groups excluding carboxylic acids is 1. The van der Waals surface area contributed by atoms with Crippen molar-refractivity contribution in [3.63, 3.8) is 0 Å². The van der Waals surface area contributed by atoms with Crippen LogP contribution < -0.4 is 5.73 Å². The number of amides is 1. The molecule has 1 fully saturated rings. The van der Waals surface area contributed by atoms with E-state index in [-0.39, 0.29) is 11.3 Å². The fourth-order valence-corrected chi connectivity index (χ4v) is 1.89. The molecule has 1 aliphatic heterocycles. The van der Waals surface area contributed by atoms with Gasteiger partial charge in [-0.3, -0.25) is 9.69 Å². The number of nitrogens with zero attached hydrogens (tertiary/aromatic N) is 2. The van der Waals surface area contributed by atoms with Gasteiger partial charge in [-0.25, -0.2) is 0 Å². The molecule has 0 aromatic carbocycles. The average molecular weight is 213 g/mol. The molecule has 2 N–H and O–H groups in total. The Morgan fingerprint density at radius 1 is 1.27 bits per heavy atom. The number of carbonyl (C=O) groups is 1. The standard InChI is InChI=1S/C11H23N3O/c1-10(15)14-6-4-13(5-7-14)9-11(2,3)8-12/h4-9,12H2,1-3H3. The summed E-state index contributed by atoms with van der Waals surface area (Å²) in [5.41, 5.74) is 5.89. The minimum Gasteiger partial charge on any atom is -0.340 e. The van der Waals surface area contributed by atoms with Crippen molar-refractivity contribution in [2.24, 2.45) is 11.1 Å². The molecule has 0 aromatic heterocycles. The number of rotatable bonds is 3. The Hall–Kier alpha value is -0.610. The smallest absolute Gasteiger partial charge is 0.219 e. The van der Waals surface area contributed by atoms with E-state index in [0.29, 0.717) is 6.54 Å². The van der Waals surface area contributed by atoms with Crippen LogP contribution in [-0.4, -0.2) is 55.0 Å². The lowest BCUT2D eigenvalue weighted by Gasteiger charge is -2.38. The molecule has 0 aromatic rings. The summed E-state index contributed by atoms with van der Waals surface area (Å²) in [6.45, 7) is 11.4. The minimum atomic E-state index is 0.179. The van der Waals surface area contributed by atoms with Gasteiger partial charge in [0.15, 0.2) is 0 Å². The van der Waals surface area contributed by atoms with Crippen molar-refractivity contribution in [1.29, 1.82) is 0 Å². The molecule has 1 aliphatic rings. The summed E-state index contributed by atoms with van der Waals surface area (Å²) in [4.78, 5) is 15.4. The molecule has 0 aliphatic carbocycles. The van der Waals surface area contributed by atoms with Gasteiger partial charge in [-0.05, 0) is 12.0 Å². The molecule has 1 amide bonds. The van der Waals surface area contributed by atoms with Gasteiger partial charge < -0.3 is 10.6 Å². The zero-order valence-corrected chi connectivity index (χ0v) is 10.1. The Morgan fingerprint density at radius 3 is 2.20 bits per heavy atom. The van der Waals surface area contributed by atoms with Crippen molar-refractivity contribution in [3.05, 3.63) is 0 Å². The number of hydrogen-bond donors (Lipinski definition) is 1. The lowest BCUT2D eigenvalue weighted by Crippen LogP contribution is -2.51. The Bertz CT molecular complexity index is 220. The average Bonchev–Trinajstić information content (AvgIpc) is 2.18. The first kappa shape index (κ1) is 12.5. The van der Waals surface area contributed by atoms with E-state index in [0.717, 1.165) is 32.7 Å². The Kier molecular flexibility index (Phi) is 4.11. The molecule has 4 nitrogen and oxygen atoms in total. The molecule has 15 heavy (non-hydrogen) atoms.